The van der Waals surface area contributed by atoms with Crippen LogP contribution < -0.4 is 5.32 Å². The lowest BCUT2D eigenvalue weighted by molar-refractivity contribution is -0.119. The number of hydrogen-bond acceptors (Lipinski definition) is 5. The lowest BCUT2D eigenvalue weighted by Crippen LogP contribution is -2.22. The number of rotatable bonds is 5. The normalized spacial score (nSPS) is 11.9. The second-order valence-electron chi connectivity index (χ2n) is 5.45. The number of H-pyrrole nitrogens is 1. The number of anilines is 1. The Morgan fingerprint density at radius 3 is 2.64 bits per heavy atom. The van der Waals surface area contributed by atoms with Crippen LogP contribution in [-0.4, -0.2) is 33.6 Å². The summed E-state index contributed by atoms with van der Waals surface area (Å²) >= 11 is 11.6. The number of carbonyl (C=O) groups is 2. The standard InChI is InChI=1S/C16H17Cl2N3O4/c1-7-13(9(3)22)8(2)20-14(7)16(24)25-6-12(23)21-15-11(18)4-10(17)5-19-15/h4-5,9,20,22H,6H2,1-3H3,(H,19,21,23)/t9-/m1/s1. The van der Waals surface area contributed by atoms with E-state index in [2.05, 4.69) is 15.3 Å². The molecule has 0 aliphatic heterocycles. The summed E-state index contributed by atoms with van der Waals surface area (Å²) < 4.78 is 4.99. The third-order valence-electron chi connectivity index (χ3n) is 3.52. The molecule has 1 amide bonds. The van der Waals surface area contributed by atoms with Gasteiger partial charge in [0.1, 0.15) is 5.69 Å². The molecule has 2 rings (SSSR count). The number of carbonyl (C=O) groups excluding carboxylic acids is 2. The fourth-order valence-corrected chi connectivity index (χ4v) is 2.90. The Kier molecular flexibility index (Phi) is 6.05. The number of esters is 1. The molecule has 2 aromatic heterocycles. The van der Waals surface area contributed by atoms with Gasteiger partial charge in [-0.3, -0.25) is 4.79 Å². The summed E-state index contributed by atoms with van der Waals surface area (Å²) in [6, 6.07) is 1.43. The smallest absolute Gasteiger partial charge is 0.355 e. The predicted molar refractivity (Wildman–Crippen MR) is 94.1 cm³/mol. The average molecular weight is 386 g/mol. The van der Waals surface area contributed by atoms with E-state index < -0.39 is 24.6 Å². The number of pyridine rings is 1. The van der Waals surface area contributed by atoms with E-state index in [4.69, 9.17) is 27.9 Å². The van der Waals surface area contributed by atoms with Gasteiger partial charge in [0, 0.05) is 17.5 Å². The molecule has 0 aliphatic rings. The fraction of sp³-hybridized carbons (Fsp3) is 0.312. The van der Waals surface area contributed by atoms with Crippen molar-refractivity contribution in [3.63, 3.8) is 0 Å². The highest BCUT2D eigenvalue weighted by Gasteiger charge is 2.21. The molecule has 3 N–H and O–H groups in total. The molecule has 0 spiro atoms. The van der Waals surface area contributed by atoms with Crippen LogP contribution >= 0.6 is 23.2 Å². The van der Waals surface area contributed by atoms with E-state index in [1.807, 2.05) is 0 Å². The maximum Gasteiger partial charge on any atom is 0.355 e. The molecular weight excluding hydrogens is 369 g/mol. The van der Waals surface area contributed by atoms with Crippen molar-refractivity contribution in [3.8, 4) is 0 Å². The van der Waals surface area contributed by atoms with Crippen LogP contribution in [0.4, 0.5) is 5.82 Å². The van der Waals surface area contributed by atoms with Gasteiger partial charge >= 0.3 is 5.97 Å². The van der Waals surface area contributed by atoms with Crippen molar-refractivity contribution in [2.75, 3.05) is 11.9 Å². The third-order valence-corrected chi connectivity index (χ3v) is 4.01. The molecule has 0 unspecified atom stereocenters. The third kappa shape index (κ3) is 4.50. The highest BCUT2D eigenvalue weighted by molar-refractivity contribution is 6.36. The van der Waals surface area contributed by atoms with Gasteiger partial charge in [-0.2, -0.15) is 0 Å². The minimum Gasteiger partial charge on any atom is -0.451 e. The minimum absolute atomic E-state index is 0.121. The van der Waals surface area contributed by atoms with Crippen LogP contribution in [-0.2, 0) is 9.53 Å². The number of aromatic amines is 1. The van der Waals surface area contributed by atoms with Gasteiger partial charge < -0.3 is 20.1 Å². The first kappa shape index (κ1) is 19.2. The summed E-state index contributed by atoms with van der Waals surface area (Å²) in [4.78, 5) is 30.8. The molecular formula is C16H17Cl2N3O4. The zero-order valence-electron chi connectivity index (χ0n) is 13.8. The number of ether oxygens (including phenoxy) is 1. The molecule has 25 heavy (non-hydrogen) atoms. The SMILES string of the molecule is Cc1[nH]c(C(=O)OCC(=O)Nc2ncc(Cl)cc2Cl)c(C)c1[C@@H](C)O. The van der Waals surface area contributed by atoms with Crippen molar-refractivity contribution < 1.29 is 19.4 Å². The molecule has 7 nitrogen and oxygen atoms in total. The van der Waals surface area contributed by atoms with E-state index in [1.54, 1.807) is 20.8 Å². The van der Waals surface area contributed by atoms with Gasteiger partial charge in [-0.05, 0) is 32.4 Å². The Morgan fingerprint density at radius 2 is 2.08 bits per heavy atom. The van der Waals surface area contributed by atoms with Crippen molar-refractivity contribution in [3.05, 3.63) is 44.8 Å². The zero-order chi connectivity index (χ0) is 18.7. The van der Waals surface area contributed by atoms with Gasteiger partial charge in [0.2, 0.25) is 0 Å². The van der Waals surface area contributed by atoms with Crippen LogP contribution in [0.5, 0.6) is 0 Å². The molecule has 9 heteroatoms. The van der Waals surface area contributed by atoms with Crippen LogP contribution in [0.2, 0.25) is 10.0 Å². The summed E-state index contributed by atoms with van der Waals surface area (Å²) in [6.45, 7) is 4.53. The van der Waals surface area contributed by atoms with Crippen molar-refractivity contribution in [2.45, 2.75) is 26.9 Å². The first-order valence-corrected chi connectivity index (χ1v) is 8.11. The highest BCUT2D eigenvalue weighted by atomic mass is 35.5. The van der Waals surface area contributed by atoms with Crippen molar-refractivity contribution >= 4 is 40.9 Å². The number of halogens is 2. The van der Waals surface area contributed by atoms with Crippen LogP contribution in [0.3, 0.4) is 0 Å². The summed E-state index contributed by atoms with van der Waals surface area (Å²) in [6.07, 6.45) is 0.608. The first-order chi connectivity index (χ1) is 11.7. The Morgan fingerprint density at radius 1 is 1.40 bits per heavy atom. The molecule has 2 aromatic rings. The number of nitrogens with zero attached hydrogens (tertiary/aromatic N) is 1. The lowest BCUT2D eigenvalue weighted by Gasteiger charge is -2.08. The maximum absolute atomic E-state index is 12.1. The van der Waals surface area contributed by atoms with Gasteiger partial charge in [0.25, 0.3) is 5.91 Å². The van der Waals surface area contributed by atoms with Crippen LogP contribution in [0, 0.1) is 13.8 Å². The quantitative estimate of drug-likeness (QED) is 0.685. The lowest BCUT2D eigenvalue weighted by atomic mass is 10.1. The van der Waals surface area contributed by atoms with Gasteiger partial charge in [-0.15, -0.1) is 0 Å². The number of amides is 1. The molecule has 0 saturated carbocycles. The second kappa shape index (κ2) is 7.86. The Bertz CT molecular complexity index is 818. The van der Waals surface area contributed by atoms with Gasteiger partial charge in [-0.25, -0.2) is 9.78 Å². The van der Waals surface area contributed by atoms with Crippen LogP contribution in [0.1, 0.15) is 40.3 Å². The van der Waals surface area contributed by atoms with E-state index >= 15 is 0 Å². The summed E-state index contributed by atoms with van der Waals surface area (Å²) in [5, 5.41) is 12.7. The van der Waals surface area contributed by atoms with Crippen LogP contribution in [0.25, 0.3) is 0 Å². The van der Waals surface area contributed by atoms with E-state index in [1.165, 1.54) is 12.3 Å². The van der Waals surface area contributed by atoms with Crippen LogP contribution in [0.15, 0.2) is 12.3 Å². The largest absolute Gasteiger partial charge is 0.451 e. The Hall–Kier alpha value is -2.09. The Labute approximate surface area is 154 Å². The van der Waals surface area contributed by atoms with Crippen molar-refractivity contribution in [1.29, 1.82) is 0 Å². The summed E-state index contributed by atoms with van der Waals surface area (Å²) in [5.41, 5.74) is 2.08. The molecule has 0 aromatic carbocycles. The number of aliphatic hydroxyl groups is 1. The molecule has 134 valence electrons. The Balaban J connectivity index is 2.00. The predicted octanol–water partition coefficient (Wildman–Crippen LogP) is 3.18. The molecule has 2 heterocycles. The van der Waals surface area contributed by atoms with E-state index in [0.717, 1.165) is 0 Å². The van der Waals surface area contributed by atoms with E-state index in [9.17, 15) is 14.7 Å². The average Bonchev–Trinajstić information content (AvgIpc) is 2.82. The summed E-state index contributed by atoms with van der Waals surface area (Å²) in [7, 11) is 0. The topological polar surface area (TPSA) is 104 Å². The van der Waals surface area contributed by atoms with Gasteiger partial charge in [-0.1, -0.05) is 23.2 Å². The number of aliphatic hydroxyl groups excluding tert-OH is 1. The van der Waals surface area contributed by atoms with E-state index in [0.29, 0.717) is 21.8 Å². The molecule has 0 radical (unpaired) electrons. The molecule has 0 aliphatic carbocycles. The van der Waals surface area contributed by atoms with Gasteiger partial charge in [0.05, 0.1) is 16.1 Å². The number of aromatic nitrogens is 2. The minimum atomic E-state index is -0.723. The molecule has 0 fully saturated rings. The summed E-state index contributed by atoms with van der Waals surface area (Å²) in [5.74, 6) is -1.17. The van der Waals surface area contributed by atoms with Crippen molar-refractivity contribution in [2.24, 2.45) is 0 Å². The van der Waals surface area contributed by atoms with Gasteiger partial charge in [0.15, 0.2) is 12.4 Å². The van der Waals surface area contributed by atoms with Crippen molar-refractivity contribution in [1.82, 2.24) is 9.97 Å². The maximum atomic E-state index is 12.1. The second-order valence-corrected chi connectivity index (χ2v) is 6.29. The number of nitrogens with one attached hydrogen (secondary N) is 2. The molecule has 0 bridgehead atoms. The highest BCUT2D eigenvalue weighted by Crippen LogP contribution is 2.25. The fourth-order valence-electron chi connectivity index (χ4n) is 2.47. The van der Waals surface area contributed by atoms with E-state index in [-0.39, 0.29) is 16.5 Å². The zero-order valence-corrected chi connectivity index (χ0v) is 15.3. The molecule has 1 atom stereocenters. The first-order valence-electron chi connectivity index (χ1n) is 7.35. The number of aryl methyl sites for hydroxylation is 1. The molecule has 0 saturated heterocycles. The number of hydrogen-bond donors (Lipinski definition) is 3. The monoisotopic (exact) mass is 385 g/mol.